The molecule has 6 nitrogen and oxygen atoms in total. The molecule has 2 rings (SSSR count). The largest absolute Gasteiger partial charge is 0.477 e. The van der Waals surface area contributed by atoms with Crippen LogP contribution in [0.4, 0.5) is 0 Å². The molecule has 19 heavy (non-hydrogen) atoms. The van der Waals surface area contributed by atoms with Crippen molar-refractivity contribution >= 4 is 23.2 Å². The second-order valence-electron chi connectivity index (χ2n) is 4.61. The van der Waals surface area contributed by atoms with Gasteiger partial charge >= 0.3 is 5.97 Å². The lowest BCUT2D eigenvalue weighted by molar-refractivity contribution is -0.130. The second kappa shape index (κ2) is 5.66. The van der Waals surface area contributed by atoms with E-state index < -0.39 is 5.97 Å². The van der Waals surface area contributed by atoms with Crippen LogP contribution in [0, 0.1) is 6.92 Å². The van der Waals surface area contributed by atoms with E-state index in [0.29, 0.717) is 17.1 Å². The molecule has 2 heterocycles. The Morgan fingerprint density at radius 1 is 1.32 bits per heavy atom. The fraction of sp³-hybridized carbons (Fsp3) is 0.583. The molecule has 0 aromatic carbocycles. The van der Waals surface area contributed by atoms with Crippen LogP contribution in [0.2, 0.25) is 0 Å². The normalized spacial score (nSPS) is 16.6. The third-order valence-electron chi connectivity index (χ3n) is 3.21. The molecule has 1 saturated heterocycles. The smallest absolute Gasteiger partial charge is 0.347 e. The molecule has 0 aliphatic carbocycles. The number of rotatable bonds is 3. The first-order valence-electron chi connectivity index (χ1n) is 6.15. The van der Waals surface area contributed by atoms with E-state index in [9.17, 15) is 9.59 Å². The zero-order chi connectivity index (χ0) is 14.0. The Kier molecular flexibility index (Phi) is 4.16. The van der Waals surface area contributed by atoms with Gasteiger partial charge in [-0.15, -0.1) is 11.3 Å². The number of carbonyl (C=O) groups excluding carboxylic acids is 1. The molecule has 0 saturated carbocycles. The molecule has 1 aromatic rings. The SMILES string of the molecule is CC(=O)N1CCN(Cc2nc(C)c(C(=O)O)s2)CC1. The molecule has 0 spiro atoms. The molecule has 1 amide bonds. The summed E-state index contributed by atoms with van der Waals surface area (Å²) < 4.78 is 0. The Bertz CT molecular complexity index is 492. The lowest BCUT2D eigenvalue weighted by atomic mass is 10.3. The van der Waals surface area contributed by atoms with E-state index in [1.807, 2.05) is 4.90 Å². The average Bonchev–Trinajstić information content (AvgIpc) is 2.71. The summed E-state index contributed by atoms with van der Waals surface area (Å²) in [5.74, 6) is -0.805. The van der Waals surface area contributed by atoms with Gasteiger partial charge in [-0.05, 0) is 6.92 Å². The van der Waals surface area contributed by atoms with Crippen LogP contribution in [-0.4, -0.2) is 57.9 Å². The number of piperazine rings is 1. The highest BCUT2D eigenvalue weighted by Crippen LogP contribution is 2.20. The summed E-state index contributed by atoms with van der Waals surface area (Å²) in [5, 5.41) is 9.82. The number of aryl methyl sites for hydroxylation is 1. The molecule has 0 unspecified atom stereocenters. The topological polar surface area (TPSA) is 73.7 Å². The highest BCUT2D eigenvalue weighted by atomic mass is 32.1. The lowest BCUT2D eigenvalue weighted by Crippen LogP contribution is -2.47. The van der Waals surface area contributed by atoms with Crippen molar-refractivity contribution in [3.63, 3.8) is 0 Å². The number of amides is 1. The number of aromatic carboxylic acids is 1. The van der Waals surface area contributed by atoms with Gasteiger partial charge in [0.25, 0.3) is 0 Å². The van der Waals surface area contributed by atoms with Crippen molar-refractivity contribution in [2.45, 2.75) is 20.4 Å². The van der Waals surface area contributed by atoms with Gasteiger partial charge in [0.1, 0.15) is 9.88 Å². The molecule has 1 aliphatic heterocycles. The van der Waals surface area contributed by atoms with E-state index in [1.54, 1.807) is 13.8 Å². The summed E-state index contributed by atoms with van der Waals surface area (Å²) in [6.45, 7) is 7.03. The summed E-state index contributed by atoms with van der Waals surface area (Å²) >= 11 is 1.24. The molecule has 0 radical (unpaired) electrons. The van der Waals surface area contributed by atoms with Gasteiger partial charge in [0.05, 0.1) is 12.2 Å². The molecular formula is C12H17N3O3S. The van der Waals surface area contributed by atoms with Crippen molar-refractivity contribution in [3.05, 3.63) is 15.6 Å². The number of carboxylic acids is 1. The third kappa shape index (κ3) is 3.30. The second-order valence-corrected chi connectivity index (χ2v) is 5.69. The predicted octanol–water partition coefficient (Wildman–Crippen LogP) is 0.814. The maximum atomic E-state index is 11.2. The first-order chi connectivity index (χ1) is 8.97. The molecule has 1 N–H and O–H groups in total. The summed E-state index contributed by atoms with van der Waals surface area (Å²) in [7, 11) is 0. The van der Waals surface area contributed by atoms with Crippen LogP contribution >= 0.6 is 11.3 Å². The zero-order valence-corrected chi connectivity index (χ0v) is 11.9. The number of hydrogen-bond acceptors (Lipinski definition) is 5. The van der Waals surface area contributed by atoms with Crippen LogP contribution in [0.15, 0.2) is 0 Å². The highest BCUT2D eigenvalue weighted by molar-refractivity contribution is 7.13. The van der Waals surface area contributed by atoms with Crippen molar-refractivity contribution in [2.75, 3.05) is 26.2 Å². The molecule has 7 heteroatoms. The Labute approximate surface area is 115 Å². The minimum atomic E-state index is -0.914. The van der Waals surface area contributed by atoms with Crippen LogP contribution < -0.4 is 0 Å². The van der Waals surface area contributed by atoms with Crippen molar-refractivity contribution in [3.8, 4) is 0 Å². The summed E-state index contributed by atoms with van der Waals surface area (Å²) in [6.07, 6.45) is 0. The van der Waals surface area contributed by atoms with Crippen molar-refractivity contribution in [1.29, 1.82) is 0 Å². The highest BCUT2D eigenvalue weighted by Gasteiger charge is 2.21. The summed E-state index contributed by atoms with van der Waals surface area (Å²) in [6, 6.07) is 0. The molecule has 0 bridgehead atoms. The Balaban J connectivity index is 1.94. The van der Waals surface area contributed by atoms with Crippen molar-refractivity contribution in [2.24, 2.45) is 0 Å². The quantitative estimate of drug-likeness (QED) is 0.889. The predicted molar refractivity (Wildman–Crippen MR) is 71.3 cm³/mol. The fourth-order valence-corrected chi connectivity index (χ4v) is 3.08. The number of carboxylic acid groups (broad SMARTS) is 1. The lowest BCUT2D eigenvalue weighted by Gasteiger charge is -2.33. The number of nitrogens with zero attached hydrogens (tertiary/aromatic N) is 3. The van der Waals surface area contributed by atoms with Gasteiger partial charge in [-0.1, -0.05) is 0 Å². The van der Waals surface area contributed by atoms with Gasteiger partial charge in [0, 0.05) is 33.1 Å². The fourth-order valence-electron chi connectivity index (χ4n) is 2.13. The van der Waals surface area contributed by atoms with Crippen LogP contribution in [0.1, 0.15) is 27.3 Å². The van der Waals surface area contributed by atoms with Crippen LogP contribution in [0.25, 0.3) is 0 Å². The molecule has 0 atom stereocenters. The van der Waals surface area contributed by atoms with Gasteiger partial charge in [0.2, 0.25) is 5.91 Å². The monoisotopic (exact) mass is 283 g/mol. The number of aromatic nitrogens is 1. The van der Waals surface area contributed by atoms with Gasteiger partial charge in [-0.25, -0.2) is 9.78 Å². The Morgan fingerprint density at radius 3 is 2.42 bits per heavy atom. The first kappa shape index (κ1) is 14.0. The van der Waals surface area contributed by atoms with E-state index in [1.165, 1.54) is 11.3 Å². The maximum absolute atomic E-state index is 11.2. The van der Waals surface area contributed by atoms with Crippen molar-refractivity contribution < 1.29 is 14.7 Å². The summed E-state index contributed by atoms with van der Waals surface area (Å²) in [4.78, 5) is 30.8. The number of carbonyl (C=O) groups is 2. The Morgan fingerprint density at radius 2 is 1.95 bits per heavy atom. The van der Waals surface area contributed by atoms with E-state index in [0.717, 1.165) is 31.2 Å². The van der Waals surface area contributed by atoms with Crippen LogP contribution in [0.5, 0.6) is 0 Å². The van der Waals surface area contributed by atoms with E-state index in [-0.39, 0.29) is 5.91 Å². The third-order valence-corrected chi connectivity index (χ3v) is 4.34. The van der Waals surface area contributed by atoms with Gasteiger partial charge in [-0.2, -0.15) is 0 Å². The minimum Gasteiger partial charge on any atom is -0.477 e. The van der Waals surface area contributed by atoms with Crippen LogP contribution in [0.3, 0.4) is 0 Å². The van der Waals surface area contributed by atoms with Gasteiger partial charge in [0.15, 0.2) is 0 Å². The molecule has 1 aromatic heterocycles. The Hall–Kier alpha value is -1.47. The standard InChI is InChI=1S/C12H17N3O3S/c1-8-11(12(17)18)19-10(13-8)7-14-3-5-15(6-4-14)9(2)16/h3-7H2,1-2H3,(H,17,18). The average molecular weight is 283 g/mol. The van der Waals surface area contributed by atoms with Gasteiger partial charge < -0.3 is 10.0 Å². The zero-order valence-electron chi connectivity index (χ0n) is 11.0. The molecule has 1 fully saturated rings. The number of thiazole rings is 1. The number of hydrogen-bond donors (Lipinski definition) is 1. The van der Waals surface area contributed by atoms with E-state index in [4.69, 9.17) is 5.11 Å². The van der Waals surface area contributed by atoms with Crippen LogP contribution in [-0.2, 0) is 11.3 Å². The molecule has 1 aliphatic rings. The minimum absolute atomic E-state index is 0.109. The molecule has 104 valence electrons. The molecular weight excluding hydrogens is 266 g/mol. The maximum Gasteiger partial charge on any atom is 0.347 e. The van der Waals surface area contributed by atoms with Gasteiger partial charge in [-0.3, -0.25) is 9.69 Å². The van der Waals surface area contributed by atoms with E-state index >= 15 is 0 Å². The first-order valence-corrected chi connectivity index (χ1v) is 6.96. The van der Waals surface area contributed by atoms with Crippen molar-refractivity contribution in [1.82, 2.24) is 14.8 Å². The van der Waals surface area contributed by atoms with E-state index in [2.05, 4.69) is 9.88 Å². The summed E-state index contributed by atoms with van der Waals surface area (Å²) in [5.41, 5.74) is 0.579.